The number of hydrogen-bond acceptors (Lipinski definition) is 8. The van der Waals surface area contributed by atoms with Gasteiger partial charge in [0.2, 0.25) is 5.91 Å². The first-order valence-electron chi connectivity index (χ1n) is 20.7. The van der Waals surface area contributed by atoms with Crippen LogP contribution in [0.4, 0.5) is 10.5 Å². The number of rotatable bonds is 8. The number of likely N-dealkylation sites (N-methyl/N-ethyl adjacent to an activating group) is 1. The highest BCUT2D eigenvalue weighted by Crippen LogP contribution is 2.39. The zero-order chi connectivity index (χ0) is 42.9. The Labute approximate surface area is 356 Å². The molecule has 0 radical (unpaired) electrons. The molecule has 4 aromatic carbocycles. The number of para-hydroxylation sites is 1. The van der Waals surface area contributed by atoms with Crippen LogP contribution in [-0.2, 0) is 36.1 Å². The monoisotopic (exact) mass is 824 g/mol. The van der Waals surface area contributed by atoms with E-state index in [-0.39, 0.29) is 42.6 Å². The van der Waals surface area contributed by atoms with Crippen molar-refractivity contribution in [3.8, 4) is 22.8 Å². The van der Waals surface area contributed by atoms with Gasteiger partial charge in [-0.3, -0.25) is 19.3 Å². The lowest BCUT2D eigenvalue weighted by molar-refractivity contribution is -0.130. The van der Waals surface area contributed by atoms with E-state index in [9.17, 15) is 19.5 Å². The Morgan fingerprint density at radius 1 is 0.836 bits per heavy atom. The second kappa shape index (κ2) is 17.3. The molecule has 1 aromatic heterocycles. The van der Waals surface area contributed by atoms with Gasteiger partial charge in [-0.05, 0) is 90.2 Å². The van der Waals surface area contributed by atoms with E-state index in [0.29, 0.717) is 72.2 Å². The number of aromatic nitrogens is 1. The van der Waals surface area contributed by atoms with Gasteiger partial charge < -0.3 is 38.7 Å². The average Bonchev–Trinajstić information content (AvgIpc) is 3.57. The van der Waals surface area contributed by atoms with Crippen molar-refractivity contribution < 1.29 is 33.8 Å². The molecular weight excluding hydrogens is 773 g/mol. The minimum absolute atomic E-state index is 0.0988. The van der Waals surface area contributed by atoms with E-state index in [0.717, 1.165) is 29.8 Å². The topological polar surface area (TPSA) is 128 Å². The molecule has 2 atom stereocenters. The van der Waals surface area contributed by atoms with E-state index in [1.807, 2.05) is 59.8 Å². The van der Waals surface area contributed by atoms with Crippen molar-refractivity contribution in [2.24, 2.45) is 7.05 Å². The van der Waals surface area contributed by atoms with Gasteiger partial charge in [-0.25, -0.2) is 4.79 Å². The summed E-state index contributed by atoms with van der Waals surface area (Å²) in [6.07, 6.45) is 0.128. The second-order valence-corrected chi connectivity index (χ2v) is 16.2. The zero-order valence-corrected chi connectivity index (χ0v) is 35.3. The Hall–Kier alpha value is -6.44. The van der Waals surface area contributed by atoms with Crippen molar-refractivity contribution in [1.29, 1.82) is 0 Å². The minimum Gasteiger partial charge on any atom is -0.508 e. The average molecular weight is 825 g/mol. The largest absolute Gasteiger partial charge is 0.508 e. The Kier molecular flexibility index (Phi) is 11.7. The highest BCUT2D eigenvalue weighted by molar-refractivity contribution is 6.08. The highest BCUT2D eigenvalue weighted by atomic mass is 16.6. The number of fused-ring (bicyclic) bond motifs is 2. The first-order chi connectivity index (χ1) is 29.4. The van der Waals surface area contributed by atoms with E-state index in [4.69, 9.17) is 9.47 Å². The summed E-state index contributed by atoms with van der Waals surface area (Å²) in [5.74, 6) is -0.108. The molecule has 61 heavy (non-hydrogen) atoms. The van der Waals surface area contributed by atoms with Crippen LogP contribution in [0.2, 0.25) is 0 Å². The number of carbonyl (C=O) groups excluding carboxylic acids is 4. The molecule has 0 bridgehead atoms. The van der Waals surface area contributed by atoms with Gasteiger partial charge >= 0.3 is 6.09 Å². The van der Waals surface area contributed by atoms with Gasteiger partial charge in [0.1, 0.15) is 11.5 Å². The van der Waals surface area contributed by atoms with Crippen LogP contribution < -0.4 is 9.64 Å². The van der Waals surface area contributed by atoms with Gasteiger partial charge in [-0.15, -0.1) is 0 Å². The highest BCUT2D eigenvalue weighted by Gasteiger charge is 2.38. The summed E-state index contributed by atoms with van der Waals surface area (Å²) in [5.41, 5.74) is 7.30. The molecule has 0 spiro atoms. The van der Waals surface area contributed by atoms with E-state index in [1.165, 1.54) is 29.5 Å². The van der Waals surface area contributed by atoms with Gasteiger partial charge in [0, 0.05) is 102 Å². The van der Waals surface area contributed by atoms with Crippen LogP contribution in [0.15, 0.2) is 97.1 Å². The van der Waals surface area contributed by atoms with Crippen LogP contribution >= 0.6 is 0 Å². The zero-order valence-electron chi connectivity index (χ0n) is 35.3. The lowest BCUT2D eigenvalue weighted by Gasteiger charge is -2.41. The summed E-state index contributed by atoms with van der Waals surface area (Å²) in [7, 11) is 5.29. The van der Waals surface area contributed by atoms with Crippen LogP contribution in [0.25, 0.3) is 11.3 Å². The number of phenolic OH excluding ortho intramolecular Hbond substituents is 1. The maximum Gasteiger partial charge on any atom is 0.415 e. The maximum atomic E-state index is 15.6. The van der Waals surface area contributed by atoms with E-state index >= 15 is 4.79 Å². The Balaban J connectivity index is 1.26. The fourth-order valence-electron chi connectivity index (χ4n) is 8.79. The number of hydrogen-bond donors (Lipinski definition) is 1. The Bertz CT molecular complexity index is 2460. The molecule has 13 nitrogen and oxygen atoms in total. The lowest BCUT2D eigenvalue weighted by atomic mass is 9.87. The summed E-state index contributed by atoms with van der Waals surface area (Å²) in [6, 6.07) is 28.6. The molecule has 3 aliphatic heterocycles. The number of carbonyl (C=O) groups is 4. The number of benzene rings is 4. The van der Waals surface area contributed by atoms with Crippen molar-refractivity contribution >= 4 is 29.5 Å². The van der Waals surface area contributed by atoms with Crippen LogP contribution in [0.3, 0.4) is 0 Å². The molecule has 1 fully saturated rings. The molecule has 4 amide bonds. The second-order valence-electron chi connectivity index (χ2n) is 16.2. The molecule has 13 heteroatoms. The lowest BCUT2D eigenvalue weighted by Crippen LogP contribution is -2.52. The fourth-order valence-corrected chi connectivity index (χ4v) is 8.79. The third-order valence-electron chi connectivity index (χ3n) is 12.6. The molecule has 0 saturated carbocycles. The van der Waals surface area contributed by atoms with Crippen LogP contribution in [0, 0.1) is 6.92 Å². The number of amides is 4. The molecule has 5 aromatic rings. The molecule has 316 valence electrons. The van der Waals surface area contributed by atoms with Gasteiger partial charge in [-0.1, -0.05) is 42.5 Å². The maximum absolute atomic E-state index is 15.6. The molecule has 8 rings (SSSR count). The molecule has 4 heterocycles. The van der Waals surface area contributed by atoms with E-state index < -0.39 is 12.1 Å². The fraction of sp³-hybridized carbons (Fsp3) is 0.333. The predicted molar refractivity (Wildman–Crippen MR) is 232 cm³/mol. The van der Waals surface area contributed by atoms with Crippen molar-refractivity contribution in [3.05, 3.63) is 136 Å². The van der Waals surface area contributed by atoms with Gasteiger partial charge in [-0.2, -0.15) is 0 Å². The van der Waals surface area contributed by atoms with Crippen molar-refractivity contribution in [1.82, 2.24) is 24.2 Å². The number of aromatic hydroxyl groups is 1. The number of anilines is 1. The van der Waals surface area contributed by atoms with E-state index in [1.54, 1.807) is 60.3 Å². The van der Waals surface area contributed by atoms with Gasteiger partial charge in [0.05, 0.1) is 24.8 Å². The Morgan fingerprint density at radius 3 is 2.23 bits per heavy atom. The van der Waals surface area contributed by atoms with Gasteiger partial charge in [0.15, 0.2) is 0 Å². The smallest absolute Gasteiger partial charge is 0.415 e. The SMILES string of the molecule is CC(=O)N(C)C1CN(C(=O)Oc2ccccc2)Cc2cc(C(=O)N3Cc4ccccc4C[C@H]3CN3CCOCC3)c(-c3cc(C(=O)N(C)c4ccc(O)cc4)c(C)n3C)cc21. The minimum atomic E-state index is -0.563. The molecule has 0 aliphatic carbocycles. The Morgan fingerprint density at radius 2 is 1.52 bits per heavy atom. The van der Waals surface area contributed by atoms with Crippen LogP contribution in [0.1, 0.15) is 61.6 Å². The van der Waals surface area contributed by atoms with Crippen molar-refractivity contribution in [2.75, 3.05) is 58.4 Å². The third kappa shape index (κ3) is 8.35. The quantitative estimate of drug-likeness (QED) is 0.190. The van der Waals surface area contributed by atoms with Gasteiger partial charge in [0.25, 0.3) is 11.8 Å². The predicted octanol–water partition coefficient (Wildman–Crippen LogP) is 6.42. The van der Waals surface area contributed by atoms with Crippen LogP contribution in [0.5, 0.6) is 11.5 Å². The summed E-state index contributed by atoms with van der Waals surface area (Å²) >= 11 is 0. The summed E-state index contributed by atoms with van der Waals surface area (Å²) in [4.78, 5) is 65.8. The molecular formula is C48H52N6O7. The van der Waals surface area contributed by atoms with Crippen molar-refractivity contribution in [3.63, 3.8) is 0 Å². The molecule has 1 saturated heterocycles. The molecule has 1 N–H and O–H groups in total. The van der Waals surface area contributed by atoms with E-state index in [2.05, 4.69) is 17.0 Å². The number of nitrogens with zero attached hydrogens (tertiary/aromatic N) is 6. The standard InChI is InChI=1S/C48H52N6O7/c1-31-40(46(57)51(5)36-15-17-38(56)18-16-36)26-44(49(31)3)42-25-41-35(27-53(30-45(41)50(4)32(2)55)48(59)61-39-13-7-6-8-14-39)24-43(42)47(58)54-28-34-12-10-9-11-33(34)23-37(54)29-52-19-21-60-22-20-52/h6-18,24-26,37,45,56H,19-23,27-30H2,1-5H3/t37-,45?/m0/s1. The number of ether oxygens (including phenoxy) is 2. The van der Waals surface area contributed by atoms with Crippen LogP contribution in [-0.4, -0.2) is 113 Å². The summed E-state index contributed by atoms with van der Waals surface area (Å²) in [6.45, 7) is 7.62. The summed E-state index contributed by atoms with van der Waals surface area (Å²) in [5, 5.41) is 9.89. The first kappa shape index (κ1) is 41.3. The van der Waals surface area contributed by atoms with Crippen molar-refractivity contribution in [2.45, 2.75) is 45.4 Å². The summed E-state index contributed by atoms with van der Waals surface area (Å²) < 4.78 is 13.4. The normalized spacial score (nSPS) is 17.6. The molecule has 3 aliphatic rings. The first-order valence-corrected chi connectivity index (χ1v) is 20.7. The number of phenols is 1. The molecule has 1 unspecified atom stereocenters. The third-order valence-corrected chi connectivity index (χ3v) is 12.6. The number of morpholine rings is 1.